The summed E-state index contributed by atoms with van der Waals surface area (Å²) in [6.07, 6.45) is -0.607. The molecular weight excluding hydrogens is 239 g/mol. The Morgan fingerprint density at radius 2 is 1.50 bits per heavy atom. The second-order valence-electron chi connectivity index (χ2n) is 5.79. The van der Waals surface area contributed by atoms with E-state index >= 15 is 0 Å². The molecule has 0 radical (unpaired) electrons. The SMILES string of the molecule is Cl.NC1C2CC3CC(C2)CC1(C(F)(F)F)C3. The number of alkyl halides is 3. The van der Waals surface area contributed by atoms with Crippen LogP contribution in [0.25, 0.3) is 0 Å². The Hall–Kier alpha value is 0.0400. The highest BCUT2D eigenvalue weighted by atomic mass is 35.5. The van der Waals surface area contributed by atoms with Crippen LogP contribution in [0.3, 0.4) is 0 Å². The van der Waals surface area contributed by atoms with E-state index in [2.05, 4.69) is 0 Å². The van der Waals surface area contributed by atoms with Crippen molar-refractivity contribution in [3.05, 3.63) is 0 Å². The predicted molar refractivity (Wildman–Crippen MR) is 57.3 cm³/mol. The smallest absolute Gasteiger partial charge is 0.327 e. The van der Waals surface area contributed by atoms with Gasteiger partial charge in [0.1, 0.15) is 0 Å². The molecule has 0 aromatic carbocycles. The lowest BCUT2D eigenvalue weighted by molar-refractivity contribution is -0.280. The van der Waals surface area contributed by atoms with Crippen molar-refractivity contribution in [2.24, 2.45) is 28.9 Å². The average Bonchev–Trinajstić information content (AvgIpc) is 2.10. The van der Waals surface area contributed by atoms with Crippen LogP contribution in [0, 0.1) is 23.2 Å². The van der Waals surface area contributed by atoms with Crippen LogP contribution in [0.2, 0.25) is 0 Å². The molecule has 4 fully saturated rings. The molecule has 0 aromatic rings. The summed E-state index contributed by atoms with van der Waals surface area (Å²) in [7, 11) is 0. The third-order valence-corrected chi connectivity index (χ3v) is 4.96. The Morgan fingerprint density at radius 3 is 1.94 bits per heavy atom. The van der Waals surface area contributed by atoms with Gasteiger partial charge in [0.2, 0.25) is 0 Å². The van der Waals surface area contributed by atoms with Crippen LogP contribution < -0.4 is 5.73 Å². The summed E-state index contributed by atoms with van der Waals surface area (Å²) in [6, 6.07) is -0.634. The molecule has 4 aliphatic carbocycles. The molecule has 4 aliphatic rings. The van der Waals surface area contributed by atoms with Gasteiger partial charge < -0.3 is 5.73 Å². The van der Waals surface area contributed by atoms with Crippen LogP contribution in [-0.4, -0.2) is 12.2 Å². The van der Waals surface area contributed by atoms with Crippen LogP contribution in [0.15, 0.2) is 0 Å². The van der Waals surface area contributed by atoms with Gasteiger partial charge in [0.05, 0.1) is 5.41 Å². The molecule has 0 heterocycles. The van der Waals surface area contributed by atoms with Crippen LogP contribution in [0.1, 0.15) is 32.1 Å². The van der Waals surface area contributed by atoms with E-state index in [1.807, 2.05) is 0 Å². The average molecular weight is 256 g/mol. The quantitative estimate of drug-likeness (QED) is 0.707. The lowest BCUT2D eigenvalue weighted by Gasteiger charge is -2.60. The van der Waals surface area contributed by atoms with Gasteiger partial charge in [-0.05, 0) is 49.9 Å². The molecule has 4 bridgehead atoms. The fourth-order valence-electron chi connectivity index (χ4n) is 4.50. The van der Waals surface area contributed by atoms with E-state index in [1.165, 1.54) is 0 Å². The molecule has 0 saturated heterocycles. The summed E-state index contributed by atoms with van der Waals surface area (Å²) < 4.78 is 39.5. The second kappa shape index (κ2) is 3.52. The van der Waals surface area contributed by atoms with Crippen molar-refractivity contribution in [2.75, 3.05) is 0 Å². The van der Waals surface area contributed by atoms with Crippen LogP contribution in [0.5, 0.6) is 0 Å². The normalized spacial score (nSPS) is 50.2. The summed E-state index contributed by atoms with van der Waals surface area (Å²) >= 11 is 0. The van der Waals surface area contributed by atoms with Gasteiger partial charge in [0.15, 0.2) is 0 Å². The fraction of sp³-hybridized carbons (Fsp3) is 1.00. The maximum absolute atomic E-state index is 13.2. The maximum atomic E-state index is 13.2. The minimum Gasteiger partial charge on any atom is -0.327 e. The van der Waals surface area contributed by atoms with Gasteiger partial charge in [-0.15, -0.1) is 12.4 Å². The summed E-state index contributed by atoms with van der Waals surface area (Å²) in [5.74, 6) is 0.728. The fourth-order valence-corrected chi connectivity index (χ4v) is 4.50. The van der Waals surface area contributed by atoms with E-state index in [-0.39, 0.29) is 18.3 Å². The number of hydrogen-bond donors (Lipinski definition) is 1. The molecule has 2 N–H and O–H groups in total. The minimum absolute atomic E-state index is 0. The number of halogens is 4. The van der Waals surface area contributed by atoms with Crippen LogP contribution in [0.4, 0.5) is 13.2 Å². The van der Waals surface area contributed by atoms with Crippen LogP contribution in [-0.2, 0) is 0 Å². The van der Waals surface area contributed by atoms with Crippen molar-refractivity contribution in [1.82, 2.24) is 0 Å². The first-order valence-electron chi connectivity index (χ1n) is 5.75. The first-order chi connectivity index (χ1) is 6.92. The van der Waals surface area contributed by atoms with Crippen molar-refractivity contribution in [3.63, 3.8) is 0 Å². The Balaban J connectivity index is 0.000000963. The van der Waals surface area contributed by atoms with Crippen molar-refractivity contribution in [1.29, 1.82) is 0 Å². The lowest BCUT2D eigenvalue weighted by Crippen LogP contribution is -2.65. The van der Waals surface area contributed by atoms with E-state index in [0.29, 0.717) is 24.7 Å². The van der Waals surface area contributed by atoms with Crippen molar-refractivity contribution >= 4 is 12.4 Å². The minimum atomic E-state index is -4.09. The van der Waals surface area contributed by atoms with Crippen LogP contribution >= 0.6 is 12.4 Å². The van der Waals surface area contributed by atoms with Gasteiger partial charge in [-0.25, -0.2) is 0 Å². The van der Waals surface area contributed by atoms with E-state index < -0.39 is 17.6 Å². The monoisotopic (exact) mass is 255 g/mol. The third-order valence-electron chi connectivity index (χ3n) is 4.96. The zero-order valence-corrected chi connectivity index (χ0v) is 9.78. The first kappa shape index (κ1) is 12.5. The van der Waals surface area contributed by atoms with Crippen molar-refractivity contribution in [3.8, 4) is 0 Å². The van der Waals surface area contributed by atoms with Crippen molar-refractivity contribution < 1.29 is 13.2 Å². The number of rotatable bonds is 0. The zero-order chi connectivity index (χ0) is 10.8. The zero-order valence-electron chi connectivity index (χ0n) is 8.96. The summed E-state index contributed by atoms with van der Waals surface area (Å²) in [4.78, 5) is 0. The number of nitrogens with two attached hydrogens (primary N) is 1. The van der Waals surface area contributed by atoms with E-state index in [9.17, 15) is 13.2 Å². The maximum Gasteiger partial charge on any atom is 0.396 e. The molecule has 0 aliphatic heterocycles. The second-order valence-corrected chi connectivity index (χ2v) is 5.79. The molecule has 5 heteroatoms. The van der Waals surface area contributed by atoms with E-state index in [1.54, 1.807) is 0 Å². The molecule has 94 valence electrons. The van der Waals surface area contributed by atoms with Gasteiger partial charge in [-0.2, -0.15) is 13.2 Å². The molecule has 0 amide bonds. The molecule has 4 rings (SSSR count). The Labute approximate surface area is 99.4 Å². The van der Waals surface area contributed by atoms with E-state index in [0.717, 1.165) is 19.3 Å². The highest BCUT2D eigenvalue weighted by molar-refractivity contribution is 5.85. The largest absolute Gasteiger partial charge is 0.396 e. The molecule has 4 saturated carbocycles. The predicted octanol–water partition coefficient (Wildman–Crippen LogP) is 3.12. The lowest BCUT2D eigenvalue weighted by atomic mass is 9.47. The summed E-state index contributed by atoms with van der Waals surface area (Å²) in [5.41, 5.74) is 4.34. The molecule has 16 heavy (non-hydrogen) atoms. The number of hydrogen-bond acceptors (Lipinski definition) is 1. The van der Waals surface area contributed by atoms with E-state index in [4.69, 9.17) is 5.73 Å². The van der Waals surface area contributed by atoms with Gasteiger partial charge in [-0.3, -0.25) is 0 Å². The van der Waals surface area contributed by atoms with Gasteiger partial charge >= 0.3 is 6.18 Å². The summed E-state index contributed by atoms with van der Waals surface area (Å²) in [5, 5.41) is 0. The van der Waals surface area contributed by atoms with Gasteiger partial charge in [0.25, 0.3) is 0 Å². The molecule has 3 unspecified atom stereocenters. The molecule has 3 atom stereocenters. The Bertz CT molecular complexity index is 277. The van der Waals surface area contributed by atoms with Gasteiger partial charge in [0, 0.05) is 6.04 Å². The highest BCUT2D eigenvalue weighted by Gasteiger charge is 2.67. The first-order valence-corrected chi connectivity index (χ1v) is 5.75. The topological polar surface area (TPSA) is 26.0 Å². The molecule has 0 aromatic heterocycles. The third kappa shape index (κ3) is 1.42. The Kier molecular flexibility index (Phi) is 2.75. The molecular formula is C11H17ClF3N. The highest BCUT2D eigenvalue weighted by Crippen LogP contribution is 2.64. The van der Waals surface area contributed by atoms with Crippen molar-refractivity contribution in [2.45, 2.75) is 44.3 Å². The standard InChI is InChI=1S/C11H16F3N.ClH/c12-11(13,14)10-4-6-1-7(5-10)3-8(2-6)9(10)15;/h6-9H,1-5,15H2;1H. The summed E-state index contributed by atoms with van der Waals surface area (Å²) in [6.45, 7) is 0. The molecule has 0 spiro atoms. The Morgan fingerprint density at radius 1 is 1.00 bits per heavy atom. The van der Waals surface area contributed by atoms with Gasteiger partial charge in [-0.1, -0.05) is 0 Å². The molecule has 1 nitrogen and oxygen atoms in total.